The van der Waals surface area contributed by atoms with Crippen LogP contribution in [0.4, 0.5) is 22.0 Å². The maximum absolute atomic E-state index is 13.9. The van der Waals surface area contributed by atoms with Crippen molar-refractivity contribution in [1.29, 1.82) is 0 Å². The third-order valence-electron chi connectivity index (χ3n) is 5.10. The van der Waals surface area contributed by atoms with Gasteiger partial charge in [-0.15, -0.1) is 0 Å². The van der Waals surface area contributed by atoms with Crippen LogP contribution in [0.15, 0.2) is 0 Å². The Labute approximate surface area is 91.2 Å². The third-order valence-corrected chi connectivity index (χ3v) is 5.10. The highest BCUT2D eigenvalue weighted by atomic mass is 19.4. The second-order valence-corrected chi connectivity index (χ2v) is 5.49. The van der Waals surface area contributed by atoms with Crippen molar-refractivity contribution in [3.63, 3.8) is 0 Å². The molecule has 0 radical (unpaired) electrons. The monoisotopic (exact) mass is 242 g/mol. The van der Waals surface area contributed by atoms with Gasteiger partial charge in [0.2, 0.25) is 0 Å². The maximum atomic E-state index is 13.9. The SMILES string of the molecule is CC1C(C)C2CC1C(F)(F)C2(C)C(F)(F)F. The van der Waals surface area contributed by atoms with Crippen molar-refractivity contribution in [3.05, 3.63) is 0 Å². The normalized spacial score (nSPS) is 51.0. The molecule has 0 spiro atoms. The predicted octanol–water partition coefficient (Wildman–Crippen LogP) is 4.11. The molecular formula is C11H15F5. The van der Waals surface area contributed by atoms with Crippen molar-refractivity contribution in [1.82, 2.24) is 0 Å². The van der Waals surface area contributed by atoms with Gasteiger partial charge < -0.3 is 0 Å². The fourth-order valence-corrected chi connectivity index (χ4v) is 3.71. The van der Waals surface area contributed by atoms with E-state index in [1.165, 1.54) is 0 Å². The van der Waals surface area contributed by atoms with Crippen LogP contribution in [-0.4, -0.2) is 12.1 Å². The summed E-state index contributed by atoms with van der Waals surface area (Å²) in [5, 5.41) is 0. The van der Waals surface area contributed by atoms with Gasteiger partial charge in [-0.05, 0) is 31.1 Å². The van der Waals surface area contributed by atoms with Crippen molar-refractivity contribution >= 4 is 0 Å². The lowest BCUT2D eigenvalue weighted by molar-refractivity contribution is -0.319. The lowest BCUT2D eigenvalue weighted by atomic mass is 9.64. The highest BCUT2D eigenvalue weighted by Crippen LogP contribution is 2.72. The molecule has 0 aliphatic heterocycles. The van der Waals surface area contributed by atoms with Crippen molar-refractivity contribution in [2.45, 2.75) is 39.3 Å². The standard InChI is InChI=1S/C11H15F5/c1-5-6(2)8-4-7(5)9(3,10(8,12)13)11(14,15)16/h5-8H,4H2,1-3H3. The summed E-state index contributed by atoms with van der Waals surface area (Å²) < 4.78 is 66.5. The van der Waals surface area contributed by atoms with Crippen LogP contribution in [0.1, 0.15) is 27.2 Å². The fourth-order valence-electron chi connectivity index (χ4n) is 3.71. The van der Waals surface area contributed by atoms with Gasteiger partial charge in [0.1, 0.15) is 5.41 Å². The van der Waals surface area contributed by atoms with E-state index in [4.69, 9.17) is 0 Å². The highest BCUT2D eigenvalue weighted by molar-refractivity contribution is 5.16. The molecule has 0 aromatic carbocycles. The number of hydrogen-bond acceptors (Lipinski definition) is 0. The lowest BCUT2D eigenvalue weighted by Gasteiger charge is -2.46. The van der Waals surface area contributed by atoms with Gasteiger partial charge in [0.05, 0.1) is 0 Å². The Morgan fingerprint density at radius 2 is 1.44 bits per heavy atom. The molecule has 0 amide bonds. The minimum absolute atomic E-state index is 0.00530. The van der Waals surface area contributed by atoms with E-state index >= 15 is 0 Å². The molecule has 5 heteroatoms. The zero-order chi connectivity index (χ0) is 12.5. The summed E-state index contributed by atoms with van der Waals surface area (Å²) in [5.74, 6) is -6.28. The van der Waals surface area contributed by atoms with Gasteiger partial charge >= 0.3 is 6.18 Å². The van der Waals surface area contributed by atoms with Crippen LogP contribution in [-0.2, 0) is 0 Å². The molecule has 16 heavy (non-hydrogen) atoms. The number of hydrogen-bond donors (Lipinski definition) is 0. The zero-order valence-corrected chi connectivity index (χ0v) is 9.41. The number of alkyl halides is 5. The van der Waals surface area contributed by atoms with Crippen molar-refractivity contribution < 1.29 is 22.0 Å². The van der Waals surface area contributed by atoms with E-state index in [9.17, 15) is 22.0 Å². The smallest absolute Gasteiger partial charge is 0.206 e. The third kappa shape index (κ3) is 1.05. The molecule has 2 aliphatic carbocycles. The maximum Gasteiger partial charge on any atom is 0.400 e. The van der Waals surface area contributed by atoms with E-state index in [0.29, 0.717) is 6.92 Å². The fraction of sp³-hybridized carbons (Fsp3) is 1.00. The average molecular weight is 242 g/mol. The largest absolute Gasteiger partial charge is 0.400 e. The second kappa shape index (κ2) is 2.91. The molecule has 0 aromatic heterocycles. The quantitative estimate of drug-likeness (QED) is 0.561. The summed E-state index contributed by atoms with van der Waals surface area (Å²) in [6, 6.07) is 0. The first-order chi connectivity index (χ1) is 7.05. The molecule has 5 unspecified atom stereocenters. The van der Waals surface area contributed by atoms with Crippen LogP contribution < -0.4 is 0 Å². The summed E-state index contributed by atoms with van der Waals surface area (Å²) in [6.45, 7) is 3.99. The van der Waals surface area contributed by atoms with Gasteiger partial charge in [0.25, 0.3) is 5.92 Å². The first-order valence-corrected chi connectivity index (χ1v) is 5.49. The summed E-state index contributed by atoms with van der Waals surface area (Å²) in [6.07, 6.45) is -4.82. The van der Waals surface area contributed by atoms with E-state index in [0.717, 1.165) is 0 Å². The first-order valence-electron chi connectivity index (χ1n) is 5.49. The molecule has 94 valence electrons. The molecule has 0 nitrogen and oxygen atoms in total. The molecule has 2 bridgehead atoms. The van der Waals surface area contributed by atoms with Crippen LogP contribution >= 0.6 is 0 Å². The van der Waals surface area contributed by atoms with Gasteiger partial charge in [-0.3, -0.25) is 0 Å². The number of fused-ring (bicyclic) bond motifs is 2. The van der Waals surface area contributed by atoms with Crippen molar-refractivity contribution in [2.75, 3.05) is 0 Å². The minimum atomic E-state index is -4.83. The molecule has 2 rings (SSSR count). The minimum Gasteiger partial charge on any atom is -0.206 e. The van der Waals surface area contributed by atoms with E-state index in [-0.39, 0.29) is 18.3 Å². The van der Waals surface area contributed by atoms with E-state index in [1.54, 1.807) is 13.8 Å². The molecule has 0 aromatic rings. The first kappa shape index (κ1) is 12.1. The second-order valence-electron chi connectivity index (χ2n) is 5.49. The summed E-state index contributed by atoms with van der Waals surface area (Å²) in [7, 11) is 0. The molecule has 2 aliphatic rings. The Morgan fingerprint density at radius 3 is 1.81 bits per heavy atom. The lowest BCUT2D eigenvalue weighted by Crippen LogP contribution is -2.57. The molecule has 0 N–H and O–H groups in total. The Kier molecular flexibility index (Phi) is 2.20. The molecule has 2 saturated carbocycles. The van der Waals surface area contributed by atoms with Crippen LogP contribution in [0.25, 0.3) is 0 Å². The Bertz CT molecular complexity index is 308. The molecule has 0 heterocycles. The van der Waals surface area contributed by atoms with Gasteiger partial charge in [0.15, 0.2) is 0 Å². The van der Waals surface area contributed by atoms with Crippen LogP contribution in [0.3, 0.4) is 0 Å². The van der Waals surface area contributed by atoms with Gasteiger partial charge in [-0.25, -0.2) is 8.78 Å². The molecule has 2 fully saturated rings. The van der Waals surface area contributed by atoms with Gasteiger partial charge in [-0.1, -0.05) is 13.8 Å². The van der Waals surface area contributed by atoms with E-state index in [1.807, 2.05) is 0 Å². The Balaban J connectivity index is 2.50. The van der Waals surface area contributed by atoms with Crippen molar-refractivity contribution in [2.24, 2.45) is 29.1 Å². The van der Waals surface area contributed by atoms with Crippen LogP contribution in [0.2, 0.25) is 0 Å². The summed E-state index contributed by atoms with van der Waals surface area (Å²) in [5.41, 5.74) is -2.84. The van der Waals surface area contributed by atoms with Crippen LogP contribution in [0, 0.1) is 29.1 Å². The summed E-state index contributed by atoms with van der Waals surface area (Å²) >= 11 is 0. The summed E-state index contributed by atoms with van der Waals surface area (Å²) in [4.78, 5) is 0. The van der Waals surface area contributed by atoms with Crippen LogP contribution in [0.5, 0.6) is 0 Å². The zero-order valence-electron chi connectivity index (χ0n) is 9.41. The number of rotatable bonds is 0. The molecular weight excluding hydrogens is 227 g/mol. The van der Waals surface area contributed by atoms with E-state index in [2.05, 4.69) is 0 Å². The Hall–Kier alpha value is -0.350. The highest BCUT2D eigenvalue weighted by Gasteiger charge is 2.80. The van der Waals surface area contributed by atoms with Crippen molar-refractivity contribution in [3.8, 4) is 0 Å². The van der Waals surface area contributed by atoms with E-state index < -0.39 is 29.3 Å². The topological polar surface area (TPSA) is 0 Å². The Morgan fingerprint density at radius 1 is 1.00 bits per heavy atom. The molecule has 0 saturated heterocycles. The average Bonchev–Trinajstić information content (AvgIpc) is 2.50. The van der Waals surface area contributed by atoms with Gasteiger partial charge in [-0.2, -0.15) is 13.2 Å². The number of halogens is 5. The van der Waals surface area contributed by atoms with Gasteiger partial charge in [0, 0.05) is 5.92 Å². The predicted molar refractivity (Wildman–Crippen MR) is 49.0 cm³/mol. The molecule has 5 atom stereocenters.